The third-order valence-corrected chi connectivity index (χ3v) is 3.67. The van der Waals surface area contributed by atoms with Gasteiger partial charge in [0.05, 0.1) is 24.0 Å². The predicted octanol–water partition coefficient (Wildman–Crippen LogP) is 5.05. The summed E-state index contributed by atoms with van der Waals surface area (Å²) in [5.74, 6) is 0. The van der Waals surface area contributed by atoms with E-state index in [1.807, 2.05) is 79.6 Å². The molecule has 2 aromatic carbocycles. The lowest BCUT2D eigenvalue weighted by molar-refractivity contribution is -0.0233. The van der Waals surface area contributed by atoms with E-state index < -0.39 is 5.60 Å². The van der Waals surface area contributed by atoms with Crippen molar-refractivity contribution in [3.8, 4) is 0 Å². The van der Waals surface area contributed by atoms with Crippen LogP contribution in [-0.2, 0) is 9.68 Å². The fourth-order valence-electron chi connectivity index (χ4n) is 2.16. The molecule has 2 rings (SSSR count). The number of rotatable bonds is 9. The van der Waals surface area contributed by atoms with Crippen LogP contribution in [0, 0.1) is 0 Å². The summed E-state index contributed by atoms with van der Waals surface area (Å²) in [6, 6.07) is 20.0. The van der Waals surface area contributed by atoms with Crippen molar-refractivity contribution in [3.63, 3.8) is 0 Å². The highest BCUT2D eigenvalue weighted by Crippen LogP contribution is 2.21. The van der Waals surface area contributed by atoms with Crippen molar-refractivity contribution in [1.82, 2.24) is 0 Å². The predicted molar refractivity (Wildman–Crippen MR) is 99.9 cm³/mol. The van der Waals surface area contributed by atoms with Crippen LogP contribution in [0.2, 0.25) is 0 Å². The third-order valence-electron chi connectivity index (χ3n) is 3.67. The van der Waals surface area contributed by atoms with E-state index in [4.69, 9.17) is 9.68 Å². The maximum atomic E-state index is 6.10. The molecular formula is C20H28N2O2. The van der Waals surface area contributed by atoms with Crippen LogP contribution in [0.5, 0.6) is 0 Å². The summed E-state index contributed by atoms with van der Waals surface area (Å²) in [6.07, 6.45) is 1.09. The molecule has 0 aliphatic heterocycles. The van der Waals surface area contributed by atoms with Crippen LogP contribution in [0.4, 0.5) is 11.4 Å². The highest BCUT2D eigenvalue weighted by molar-refractivity contribution is 5.44. The van der Waals surface area contributed by atoms with Gasteiger partial charge in [0.2, 0.25) is 0 Å². The van der Waals surface area contributed by atoms with Crippen molar-refractivity contribution in [2.24, 2.45) is 0 Å². The number of nitrogens with one attached hydrogen (secondary N) is 1. The number of anilines is 2. The monoisotopic (exact) mass is 328 g/mol. The molecule has 24 heavy (non-hydrogen) atoms. The van der Waals surface area contributed by atoms with E-state index in [-0.39, 0.29) is 6.10 Å². The Morgan fingerprint density at radius 3 is 2.17 bits per heavy atom. The van der Waals surface area contributed by atoms with Gasteiger partial charge in [0, 0.05) is 0 Å². The largest absolute Gasteiger partial charge is 0.270 e. The molecule has 4 heteroatoms. The van der Waals surface area contributed by atoms with Crippen LogP contribution >= 0.6 is 0 Å². The van der Waals surface area contributed by atoms with E-state index in [0.717, 1.165) is 17.8 Å². The zero-order valence-electron chi connectivity index (χ0n) is 15.0. The van der Waals surface area contributed by atoms with Gasteiger partial charge in [0.15, 0.2) is 0 Å². The number of hydrogen-bond acceptors (Lipinski definition) is 4. The van der Waals surface area contributed by atoms with Gasteiger partial charge >= 0.3 is 0 Å². The van der Waals surface area contributed by atoms with E-state index in [1.165, 1.54) is 0 Å². The summed E-state index contributed by atoms with van der Waals surface area (Å²) in [5, 5.41) is 1.92. The molecule has 0 amide bonds. The Balaban J connectivity index is 2.03. The average molecular weight is 328 g/mol. The molecule has 1 unspecified atom stereocenters. The van der Waals surface area contributed by atoms with Crippen LogP contribution in [0.1, 0.15) is 34.1 Å². The SMILES string of the molecule is CCC(C)ON(CC(C)(C)ONc1ccccc1)c1ccccc1. The van der Waals surface area contributed by atoms with Crippen LogP contribution in [-0.4, -0.2) is 18.2 Å². The Kier molecular flexibility index (Phi) is 6.64. The normalized spacial score (nSPS) is 12.7. The second kappa shape index (κ2) is 8.71. The lowest BCUT2D eigenvalue weighted by Crippen LogP contribution is -2.43. The van der Waals surface area contributed by atoms with Crippen LogP contribution < -0.4 is 10.5 Å². The zero-order valence-corrected chi connectivity index (χ0v) is 15.0. The molecule has 0 saturated carbocycles. The van der Waals surface area contributed by atoms with E-state index in [1.54, 1.807) is 0 Å². The van der Waals surface area contributed by atoms with Crippen LogP contribution in [0.3, 0.4) is 0 Å². The lowest BCUT2D eigenvalue weighted by Gasteiger charge is -2.34. The number of para-hydroxylation sites is 2. The number of benzene rings is 2. The summed E-state index contributed by atoms with van der Waals surface area (Å²) in [7, 11) is 0. The first-order chi connectivity index (χ1) is 11.5. The Morgan fingerprint density at radius 1 is 1.00 bits per heavy atom. The summed E-state index contributed by atoms with van der Waals surface area (Å²) in [6.45, 7) is 8.87. The van der Waals surface area contributed by atoms with Crippen LogP contribution in [0.15, 0.2) is 60.7 Å². The Morgan fingerprint density at radius 2 is 1.58 bits per heavy atom. The number of hydroxylamine groups is 1. The van der Waals surface area contributed by atoms with Gasteiger partial charge in [-0.25, -0.2) is 0 Å². The minimum absolute atomic E-state index is 0.142. The summed E-state index contributed by atoms with van der Waals surface area (Å²) >= 11 is 0. The third kappa shape index (κ3) is 5.87. The maximum Gasteiger partial charge on any atom is 0.110 e. The van der Waals surface area contributed by atoms with Crippen molar-refractivity contribution in [2.75, 3.05) is 17.1 Å². The molecule has 0 fully saturated rings. The Hall–Kier alpha value is -2.04. The minimum Gasteiger partial charge on any atom is -0.270 e. The standard InChI is InChI=1S/C20H28N2O2/c1-5-17(2)23-22(19-14-10-7-11-15-19)16-20(3,4)24-21-18-12-8-6-9-13-18/h6-15,17,21H,5,16H2,1-4H3. The highest BCUT2D eigenvalue weighted by atomic mass is 16.7. The molecular weight excluding hydrogens is 300 g/mol. The van der Waals surface area contributed by atoms with E-state index in [0.29, 0.717) is 6.54 Å². The minimum atomic E-state index is -0.445. The van der Waals surface area contributed by atoms with Gasteiger partial charge < -0.3 is 0 Å². The fraction of sp³-hybridized carbons (Fsp3) is 0.400. The van der Waals surface area contributed by atoms with Crippen molar-refractivity contribution in [1.29, 1.82) is 0 Å². The summed E-state index contributed by atoms with van der Waals surface area (Å²) in [5.41, 5.74) is 4.53. The molecule has 0 radical (unpaired) electrons. The van der Waals surface area contributed by atoms with Crippen LogP contribution in [0.25, 0.3) is 0 Å². The van der Waals surface area contributed by atoms with Crippen molar-refractivity contribution < 1.29 is 9.68 Å². The molecule has 0 bridgehead atoms. The molecule has 2 aromatic rings. The van der Waals surface area contributed by atoms with Gasteiger partial charge in [-0.15, -0.1) is 0 Å². The first kappa shape index (κ1) is 18.3. The van der Waals surface area contributed by atoms with E-state index in [2.05, 4.69) is 19.3 Å². The second-order valence-corrected chi connectivity index (χ2v) is 6.53. The molecule has 0 heterocycles. The lowest BCUT2D eigenvalue weighted by atomic mass is 10.1. The molecule has 1 N–H and O–H groups in total. The quantitative estimate of drug-likeness (QED) is 0.653. The van der Waals surface area contributed by atoms with Gasteiger partial charge in [0.1, 0.15) is 5.60 Å². The first-order valence-electron chi connectivity index (χ1n) is 8.48. The van der Waals surface area contributed by atoms with Gasteiger partial charge in [0.25, 0.3) is 0 Å². The number of hydrogen-bond donors (Lipinski definition) is 1. The molecule has 0 aromatic heterocycles. The van der Waals surface area contributed by atoms with Crippen molar-refractivity contribution in [3.05, 3.63) is 60.7 Å². The smallest absolute Gasteiger partial charge is 0.110 e. The summed E-state index contributed by atoms with van der Waals surface area (Å²) < 4.78 is 0. The Bertz CT molecular complexity index is 587. The summed E-state index contributed by atoms with van der Waals surface area (Å²) in [4.78, 5) is 12.0. The average Bonchev–Trinajstić information content (AvgIpc) is 2.61. The van der Waals surface area contributed by atoms with Crippen molar-refractivity contribution in [2.45, 2.75) is 45.8 Å². The maximum absolute atomic E-state index is 6.10. The van der Waals surface area contributed by atoms with Gasteiger partial charge in [-0.2, -0.15) is 0 Å². The van der Waals surface area contributed by atoms with Crippen molar-refractivity contribution >= 4 is 11.4 Å². The van der Waals surface area contributed by atoms with E-state index >= 15 is 0 Å². The molecule has 4 nitrogen and oxygen atoms in total. The Labute approximate surface area is 145 Å². The fourth-order valence-corrected chi connectivity index (χ4v) is 2.16. The molecule has 130 valence electrons. The molecule has 0 spiro atoms. The molecule has 0 saturated heterocycles. The van der Waals surface area contributed by atoms with Gasteiger partial charge in [-0.1, -0.05) is 43.3 Å². The second-order valence-electron chi connectivity index (χ2n) is 6.53. The molecule has 0 aliphatic rings. The number of nitrogens with zero attached hydrogens (tertiary/aromatic N) is 1. The van der Waals surface area contributed by atoms with Gasteiger partial charge in [-0.3, -0.25) is 20.2 Å². The first-order valence-corrected chi connectivity index (χ1v) is 8.48. The molecule has 0 aliphatic carbocycles. The molecule has 1 atom stereocenters. The van der Waals surface area contributed by atoms with E-state index in [9.17, 15) is 0 Å². The van der Waals surface area contributed by atoms with Gasteiger partial charge in [-0.05, 0) is 51.5 Å². The topological polar surface area (TPSA) is 33.7 Å². The zero-order chi connectivity index (χ0) is 17.4. The highest BCUT2D eigenvalue weighted by Gasteiger charge is 2.25.